The Morgan fingerprint density at radius 2 is 1.89 bits per heavy atom. The van der Waals surface area contributed by atoms with Gasteiger partial charge in [-0.2, -0.15) is 0 Å². The Balaban J connectivity index is 1.54. The number of nitrogens with zero attached hydrogens (tertiary/aromatic N) is 1. The monoisotopic (exact) mass is 366 g/mol. The lowest BCUT2D eigenvalue weighted by atomic mass is 10.1. The minimum Gasteiger partial charge on any atom is -0.374 e. The summed E-state index contributed by atoms with van der Waals surface area (Å²) in [4.78, 5) is 26.5. The molecule has 0 saturated carbocycles. The first-order chi connectivity index (χ1) is 13.0. The molecule has 2 amide bonds. The van der Waals surface area contributed by atoms with Crippen LogP contribution in [0.5, 0.6) is 0 Å². The van der Waals surface area contributed by atoms with Gasteiger partial charge < -0.3 is 15.0 Å². The van der Waals surface area contributed by atoms with Crippen molar-refractivity contribution in [2.24, 2.45) is 5.92 Å². The highest BCUT2D eigenvalue weighted by atomic mass is 16.5. The lowest BCUT2D eigenvalue weighted by Gasteiger charge is -2.16. The van der Waals surface area contributed by atoms with Crippen molar-refractivity contribution >= 4 is 17.5 Å². The molecule has 0 aromatic heterocycles. The van der Waals surface area contributed by atoms with E-state index in [4.69, 9.17) is 4.74 Å². The van der Waals surface area contributed by atoms with E-state index in [1.807, 2.05) is 68.4 Å². The molecule has 3 rings (SSSR count). The van der Waals surface area contributed by atoms with Crippen molar-refractivity contribution in [3.8, 4) is 0 Å². The van der Waals surface area contributed by atoms with E-state index in [0.717, 1.165) is 16.8 Å². The van der Waals surface area contributed by atoms with Crippen LogP contribution in [0, 0.1) is 5.92 Å². The van der Waals surface area contributed by atoms with Crippen molar-refractivity contribution < 1.29 is 14.3 Å². The topological polar surface area (TPSA) is 58.6 Å². The summed E-state index contributed by atoms with van der Waals surface area (Å²) in [6.07, 6.45) is 0.434. The maximum Gasteiger partial charge on any atom is 0.227 e. The van der Waals surface area contributed by atoms with Crippen molar-refractivity contribution in [3.63, 3.8) is 0 Å². The molecular weight excluding hydrogens is 340 g/mol. The van der Waals surface area contributed by atoms with Gasteiger partial charge in [0.05, 0.1) is 18.6 Å². The van der Waals surface area contributed by atoms with Crippen LogP contribution in [-0.2, 0) is 27.5 Å². The van der Waals surface area contributed by atoms with Crippen LogP contribution < -0.4 is 10.2 Å². The van der Waals surface area contributed by atoms with Gasteiger partial charge in [0.2, 0.25) is 11.8 Å². The number of para-hydroxylation sites is 1. The molecule has 1 heterocycles. The Morgan fingerprint density at radius 3 is 2.63 bits per heavy atom. The highest BCUT2D eigenvalue weighted by molar-refractivity contribution is 6.00. The molecule has 5 heteroatoms. The maximum atomic E-state index is 12.5. The third kappa shape index (κ3) is 5.17. The van der Waals surface area contributed by atoms with Crippen LogP contribution in [0.3, 0.4) is 0 Å². The molecule has 2 aromatic rings. The molecule has 1 aliphatic heterocycles. The summed E-state index contributed by atoms with van der Waals surface area (Å²) in [6.45, 7) is 5.45. The second-order valence-corrected chi connectivity index (χ2v) is 7.14. The van der Waals surface area contributed by atoms with Gasteiger partial charge in [-0.15, -0.1) is 0 Å². The number of benzene rings is 2. The summed E-state index contributed by atoms with van der Waals surface area (Å²) in [5, 5.41) is 2.97. The van der Waals surface area contributed by atoms with Gasteiger partial charge in [-0.3, -0.25) is 9.59 Å². The first-order valence-corrected chi connectivity index (χ1v) is 9.35. The minimum atomic E-state index is -0.315. The van der Waals surface area contributed by atoms with Gasteiger partial charge >= 0.3 is 0 Å². The lowest BCUT2D eigenvalue weighted by molar-refractivity contribution is -0.126. The number of anilines is 1. The van der Waals surface area contributed by atoms with E-state index in [0.29, 0.717) is 19.7 Å². The fraction of sp³-hybridized carbons (Fsp3) is 0.364. The van der Waals surface area contributed by atoms with Crippen LogP contribution >= 0.6 is 0 Å². The standard InChI is InChI=1S/C22H26N2O3/c1-16(2)27-15-18-8-6-7-17(11-18)13-23-22(26)19-12-21(25)24(14-19)20-9-4-3-5-10-20/h3-11,16,19H,12-15H2,1-2H3,(H,23,26). The van der Waals surface area contributed by atoms with Gasteiger partial charge in [0.25, 0.3) is 0 Å². The Kier molecular flexibility index (Phi) is 6.24. The molecule has 2 aromatic carbocycles. The third-order valence-electron chi connectivity index (χ3n) is 4.61. The van der Waals surface area contributed by atoms with E-state index in [1.165, 1.54) is 0 Å². The van der Waals surface area contributed by atoms with E-state index in [2.05, 4.69) is 5.32 Å². The second kappa shape index (κ2) is 8.82. The second-order valence-electron chi connectivity index (χ2n) is 7.14. The number of carbonyl (C=O) groups is 2. The molecule has 27 heavy (non-hydrogen) atoms. The molecule has 5 nitrogen and oxygen atoms in total. The summed E-state index contributed by atoms with van der Waals surface area (Å²) >= 11 is 0. The summed E-state index contributed by atoms with van der Waals surface area (Å²) in [6, 6.07) is 17.5. The number of hydrogen-bond acceptors (Lipinski definition) is 3. The molecule has 1 aliphatic rings. The molecule has 1 unspecified atom stereocenters. The van der Waals surface area contributed by atoms with E-state index >= 15 is 0 Å². The average Bonchev–Trinajstić information content (AvgIpc) is 3.07. The molecule has 1 fully saturated rings. The zero-order chi connectivity index (χ0) is 19.2. The fourth-order valence-corrected chi connectivity index (χ4v) is 3.17. The SMILES string of the molecule is CC(C)OCc1cccc(CNC(=O)C2CC(=O)N(c3ccccc3)C2)c1. The van der Waals surface area contributed by atoms with Crippen LogP contribution in [0.25, 0.3) is 0 Å². The van der Waals surface area contributed by atoms with Crippen molar-refractivity contribution in [2.75, 3.05) is 11.4 Å². The number of carbonyl (C=O) groups excluding carboxylic acids is 2. The number of rotatable bonds is 7. The largest absolute Gasteiger partial charge is 0.374 e. The zero-order valence-corrected chi connectivity index (χ0v) is 15.9. The maximum absolute atomic E-state index is 12.5. The Hall–Kier alpha value is -2.66. The van der Waals surface area contributed by atoms with Crippen molar-refractivity contribution in [1.29, 1.82) is 0 Å². The van der Waals surface area contributed by atoms with Crippen LogP contribution in [0.2, 0.25) is 0 Å². The van der Waals surface area contributed by atoms with Gasteiger partial charge in [0.15, 0.2) is 0 Å². The predicted molar refractivity (Wildman–Crippen MR) is 105 cm³/mol. The van der Waals surface area contributed by atoms with Crippen LogP contribution in [0.1, 0.15) is 31.4 Å². The summed E-state index contributed by atoms with van der Waals surface area (Å²) in [7, 11) is 0. The highest BCUT2D eigenvalue weighted by Gasteiger charge is 2.34. The smallest absolute Gasteiger partial charge is 0.227 e. The van der Waals surface area contributed by atoms with Crippen molar-refractivity contribution in [2.45, 2.75) is 39.5 Å². The Morgan fingerprint density at radius 1 is 1.15 bits per heavy atom. The molecular formula is C22H26N2O3. The average molecular weight is 366 g/mol. The van der Waals surface area contributed by atoms with Crippen molar-refractivity contribution in [3.05, 3.63) is 65.7 Å². The van der Waals surface area contributed by atoms with Crippen LogP contribution in [0.15, 0.2) is 54.6 Å². The number of ether oxygens (including phenoxy) is 1. The first-order valence-electron chi connectivity index (χ1n) is 9.35. The quantitative estimate of drug-likeness (QED) is 0.818. The fourth-order valence-electron chi connectivity index (χ4n) is 3.17. The van der Waals surface area contributed by atoms with E-state index < -0.39 is 0 Å². The highest BCUT2D eigenvalue weighted by Crippen LogP contribution is 2.25. The summed E-state index contributed by atoms with van der Waals surface area (Å²) in [5.41, 5.74) is 2.95. The van der Waals surface area contributed by atoms with E-state index in [9.17, 15) is 9.59 Å². The number of amides is 2. The number of hydrogen-bond donors (Lipinski definition) is 1. The van der Waals surface area contributed by atoms with Gasteiger partial charge in [0, 0.05) is 25.2 Å². The van der Waals surface area contributed by atoms with Crippen LogP contribution in [0.4, 0.5) is 5.69 Å². The van der Waals surface area contributed by atoms with Gasteiger partial charge in [-0.05, 0) is 37.1 Å². The van der Waals surface area contributed by atoms with Gasteiger partial charge in [-0.25, -0.2) is 0 Å². The molecule has 0 radical (unpaired) electrons. The van der Waals surface area contributed by atoms with E-state index in [-0.39, 0.29) is 30.3 Å². The zero-order valence-electron chi connectivity index (χ0n) is 15.9. The lowest BCUT2D eigenvalue weighted by Crippen LogP contribution is -2.32. The molecule has 1 saturated heterocycles. The molecule has 1 atom stereocenters. The minimum absolute atomic E-state index is 0.00539. The van der Waals surface area contributed by atoms with Crippen LogP contribution in [-0.4, -0.2) is 24.5 Å². The Labute approximate surface area is 160 Å². The number of nitrogens with one attached hydrogen (secondary N) is 1. The third-order valence-corrected chi connectivity index (χ3v) is 4.61. The van der Waals surface area contributed by atoms with E-state index in [1.54, 1.807) is 4.90 Å². The molecule has 0 aliphatic carbocycles. The Bertz CT molecular complexity index is 789. The van der Waals surface area contributed by atoms with Gasteiger partial charge in [0.1, 0.15) is 0 Å². The first kappa shape index (κ1) is 19.1. The van der Waals surface area contributed by atoms with Crippen molar-refractivity contribution in [1.82, 2.24) is 5.32 Å². The molecule has 0 spiro atoms. The predicted octanol–water partition coefficient (Wildman–Crippen LogP) is 3.28. The summed E-state index contributed by atoms with van der Waals surface area (Å²) in [5.74, 6) is -0.398. The van der Waals surface area contributed by atoms with Gasteiger partial charge in [-0.1, -0.05) is 42.5 Å². The summed E-state index contributed by atoms with van der Waals surface area (Å²) < 4.78 is 5.63. The molecule has 0 bridgehead atoms. The molecule has 142 valence electrons. The normalized spacial score (nSPS) is 16.8. The molecule has 1 N–H and O–H groups in total.